The summed E-state index contributed by atoms with van der Waals surface area (Å²) < 4.78 is 0.827. The van der Waals surface area contributed by atoms with Crippen molar-refractivity contribution >= 4 is 45.8 Å². The number of likely N-dealkylation sites (tertiary alicyclic amines) is 1. The maximum absolute atomic E-state index is 12.0. The predicted octanol–water partition coefficient (Wildman–Crippen LogP) is 3.63. The Balaban J connectivity index is 1.79. The van der Waals surface area contributed by atoms with Crippen molar-refractivity contribution in [3.05, 3.63) is 34.9 Å². The van der Waals surface area contributed by atoms with E-state index in [2.05, 4.69) is 10.2 Å². The standard InChI is InChI=1S/C15H19ClN2OS2/c1-11(12-6-2-3-7-13(12)16)17-14(19)10-21-15(20)18-8-4-5-9-18/h2-3,6-7,11H,4-5,8-10H2,1H3,(H,17,19)/t11-/m1/s1. The lowest BCUT2D eigenvalue weighted by Gasteiger charge is -2.18. The van der Waals surface area contributed by atoms with Gasteiger partial charge in [-0.25, -0.2) is 0 Å². The van der Waals surface area contributed by atoms with Crippen LogP contribution in [0.5, 0.6) is 0 Å². The van der Waals surface area contributed by atoms with Gasteiger partial charge < -0.3 is 10.2 Å². The molecule has 0 spiro atoms. The van der Waals surface area contributed by atoms with Crippen molar-refractivity contribution < 1.29 is 4.79 Å². The molecule has 1 atom stereocenters. The van der Waals surface area contributed by atoms with E-state index in [-0.39, 0.29) is 11.9 Å². The maximum Gasteiger partial charge on any atom is 0.230 e. The normalized spacial score (nSPS) is 15.8. The molecule has 21 heavy (non-hydrogen) atoms. The van der Waals surface area contributed by atoms with Crippen LogP contribution in [0.4, 0.5) is 0 Å². The summed E-state index contributed by atoms with van der Waals surface area (Å²) in [7, 11) is 0. The minimum Gasteiger partial charge on any atom is -0.358 e. The number of amides is 1. The summed E-state index contributed by atoms with van der Waals surface area (Å²) in [5.41, 5.74) is 0.930. The smallest absolute Gasteiger partial charge is 0.230 e. The Labute approximate surface area is 140 Å². The number of thioether (sulfide) groups is 1. The fraction of sp³-hybridized carbons (Fsp3) is 0.467. The van der Waals surface area contributed by atoms with Crippen LogP contribution in [0.3, 0.4) is 0 Å². The summed E-state index contributed by atoms with van der Waals surface area (Å²) in [6.07, 6.45) is 2.38. The van der Waals surface area contributed by atoms with Crippen LogP contribution >= 0.6 is 35.6 Å². The maximum atomic E-state index is 12.0. The molecule has 0 unspecified atom stereocenters. The fourth-order valence-electron chi connectivity index (χ4n) is 2.31. The fourth-order valence-corrected chi connectivity index (χ4v) is 3.67. The van der Waals surface area contributed by atoms with Crippen LogP contribution < -0.4 is 5.32 Å². The summed E-state index contributed by atoms with van der Waals surface area (Å²) in [6.45, 7) is 3.97. The minimum absolute atomic E-state index is 0.0195. The molecule has 6 heteroatoms. The molecular formula is C15H19ClN2OS2. The Kier molecular flexibility index (Phi) is 6.33. The molecule has 1 aromatic rings. The highest BCUT2D eigenvalue weighted by Crippen LogP contribution is 2.22. The molecule has 1 aliphatic rings. The SMILES string of the molecule is C[C@@H](NC(=O)CSC(=S)N1CCCC1)c1ccccc1Cl. The monoisotopic (exact) mass is 342 g/mol. The Morgan fingerprint density at radius 1 is 1.43 bits per heavy atom. The molecule has 0 bridgehead atoms. The van der Waals surface area contributed by atoms with Gasteiger partial charge >= 0.3 is 0 Å². The number of rotatable bonds is 4. The molecule has 1 saturated heterocycles. The van der Waals surface area contributed by atoms with E-state index in [9.17, 15) is 4.79 Å². The van der Waals surface area contributed by atoms with Crippen molar-refractivity contribution in [2.24, 2.45) is 0 Å². The molecule has 3 nitrogen and oxygen atoms in total. The molecule has 1 heterocycles. The number of nitrogens with one attached hydrogen (secondary N) is 1. The quantitative estimate of drug-likeness (QED) is 0.847. The number of carbonyl (C=O) groups is 1. The average molecular weight is 343 g/mol. The predicted molar refractivity (Wildman–Crippen MR) is 93.9 cm³/mol. The number of hydrogen-bond donors (Lipinski definition) is 1. The third kappa shape index (κ3) is 4.87. The van der Waals surface area contributed by atoms with Gasteiger partial charge in [-0.15, -0.1) is 0 Å². The van der Waals surface area contributed by atoms with E-state index in [1.807, 2.05) is 31.2 Å². The van der Waals surface area contributed by atoms with E-state index >= 15 is 0 Å². The summed E-state index contributed by atoms with van der Waals surface area (Å²) >= 11 is 12.9. The number of nitrogens with zero attached hydrogens (tertiary/aromatic N) is 1. The molecule has 1 N–H and O–H groups in total. The van der Waals surface area contributed by atoms with E-state index in [4.69, 9.17) is 23.8 Å². The molecule has 0 aromatic heterocycles. The van der Waals surface area contributed by atoms with Crippen LogP contribution in [0, 0.1) is 0 Å². The number of halogens is 1. The highest BCUT2D eigenvalue weighted by atomic mass is 35.5. The summed E-state index contributed by atoms with van der Waals surface area (Å²) in [4.78, 5) is 14.2. The van der Waals surface area contributed by atoms with Crippen molar-refractivity contribution in [3.63, 3.8) is 0 Å². The molecule has 114 valence electrons. The van der Waals surface area contributed by atoms with E-state index < -0.39 is 0 Å². The van der Waals surface area contributed by atoms with Crippen molar-refractivity contribution in [1.82, 2.24) is 10.2 Å². The first kappa shape index (κ1) is 16.6. The van der Waals surface area contributed by atoms with Gasteiger partial charge in [0.05, 0.1) is 11.8 Å². The molecule has 0 saturated carbocycles. The lowest BCUT2D eigenvalue weighted by Crippen LogP contribution is -2.30. The number of hydrogen-bond acceptors (Lipinski definition) is 3. The van der Waals surface area contributed by atoms with E-state index in [1.54, 1.807) is 0 Å². The zero-order valence-electron chi connectivity index (χ0n) is 12.0. The van der Waals surface area contributed by atoms with Gasteiger partial charge in [0.1, 0.15) is 4.32 Å². The zero-order chi connectivity index (χ0) is 15.2. The van der Waals surface area contributed by atoms with Crippen LogP contribution in [-0.2, 0) is 4.79 Å². The van der Waals surface area contributed by atoms with Gasteiger partial charge in [0.25, 0.3) is 0 Å². The highest BCUT2D eigenvalue weighted by Gasteiger charge is 2.17. The largest absolute Gasteiger partial charge is 0.358 e. The van der Waals surface area contributed by atoms with Crippen LogP contribution in [-0.4, -0.2) is 34.0 Å². The van der Waals surface area contributed by atoms with Gasteiger partial charge in [-0.3, -0.25) is 4.79 Å². The first-order valence-electron chi connectivity index (χ1n) is 7.03. The second kappa shape index (κ2) is 8.01. The van der Waals surface area contributed by atoms with Gasteiger partial charge in [-0.1, -0.05) is 53.8 Å². The lowest BCUT2D eigenvalue weighted by molar-refractivity contribution is -0.119. The first-order valence-corrected chi connectivity index (χ1v) is 8.80. The Morgan fingerprint density at radius 2 is 2.10 bits per heavy atom. The molecule has 1 aliphatic heterocycles. The third-order valence-electron chi connectivity index (χ3n) is 3.44. The summed E-state index contributed by atoms with van der Waals surface area (Å²) in [5, 5.41) is 3.63. The summed E-state index contributed by atoms with van der Waals surface area (Å²) in [6, 6.07) is 7.45. The van der Waals surface area contributed by atoms with E-state index in [0.29, 0.717) is 10.8 Å². The van der Waals surface area contributed by atoms with Crippen LogP contribution in [0.25, 0.3) is 0 Å². The van der Waals surface area contributed by atoms with E-state index in [0.717, 1.165) is 23.0 Å². The zero-order valence-corrected chi connectivity index (χ0v) is 14.4. The highest BCUT2D eigenvalue weighted by molar-refractivity contribution is 8.23. The van der Waals surface area contributed by atoms with Gasteiger partial charge in [0, 0.05) is 18.1 Å². The van der Waals surface area contributed by atoms with Crippen molar-refractivity contribution in [1.29, 1.82) is 0 Å². The number of benzene rings is 1. The molecule has 1 aromatic carbocycles. The second-order valence-corrected chi connectivity index (χ2v) is 7.08. The Morgan fingerprint density at radius 3 is 2.76 bits per heavy atom. The van der Waals surface area contributed by atoms with Crippen LogP contribution in [0.15, 0.2) is 24.3 Å². The van der Waals surface area contributed by atoms with Gasteiger partial charge in [-0.05, 0) is 31.4 Å². The minimum atomic E-state index is -0.104. The average Bonchev–Trinajstić information content (AvgIpc) is 2.99. The molecule has 0 aliphatic carbocycles. The summed E-state index contributed by atoms with van der Waals surface area (Å²) in [5.74, 6) is 0.332. The van der Waals surface area contributed by atoms with Crippen LogP contribution in [0.1, 0.15) is 31.4 Å². The molecule has 1 fully saturated rings. The van der Waals surface area contributed by atoms with Crippen molar-refractivity contribution in [2.45, 2.75) is 25.8 Å². The molecular weight excluding hydrogens is 324 g/mol. The van der Waals surface area contributed by atoms with Crippen molar-refractivity contribution in [3.8, 4) is 0 Å². The van der Waals surface area contributed by atoms with Gasteiger partial charge in [0.15, 0.2) is 0 Å². The topological polar surface area (TPSA) is 32.3 Å². The lowest BCUT2D eigenvalue weighted by atomic mass is 10.1. The molecule has 1 amide bonds. The second-order valence-electron chi connectivity index (χ2n) is 5.06. The Bertz CT molecular complexity index is 518. The Hall–Kier alpha value is -0.780. The number of thiocarbonyl (C=S) groups is 1. The van der Waals surface area contributed by atoms with E-state index in [1.165, 1.54) is 24.6 Å². The molecule has 0 radical (unpaired) electrons. The van der Waals surface area contributed by atoms with Gasteiger partial charge in [-0.2, -0.15) is 0 Å². The van der Waals surface area contributed by atoms with Crippen molar-refractivity contribution in [2.75, 3.05) is 18.8 Å². The number of carbonyl (C=O) groups excluding carboxylic acids is 1. The first-order chi connectivity index (χ1) is 10.1. The molecule has 2 rings (SSSR count). The van der Waals surface area contributed by atoms with Gasteiger partial charge in [0.2, 0.25) is 5.91 Å². The van der Waals surface area contributed by atoms with Crippen LogP contribution in [0.2, 0.25) is 5.02 Å². The third-order valence-corrected chi connectivity index (χ3v) is 5.31.